The molecule has 1 radical (unpaired) electrons. The third kappa shape index (κ3) is 6.24. The fraction of sp³-hybridized carbons (Fsp3) is 1.00. The molecule has 0 aromatic rings. The third-order valence-electron chi connectivity index (χ3n) is 1.83. The van der Waals surface area contributed by atoms with Crippen LogP contribution in [0, 0.1) is 0 Å². The summed E-state index contributed by atoms with van der Waals surface area (Å²) < 4.78 is 21.7. The zero-order valence-electron chi connectivity index (χ0n) is 9.81. The van der Waals surface area contributed by atoms with Crippen molar-refractivity contribution in [2.75, 3.05) is 20.6 Å². The second-order valence-electron chi connectivity index (χ2n) is 3.42. The van der Waals surface area contributed by atoms with E-state index in [0.29, 0.717) is 0 Å². The Hall–Kier alpha value is 1.18. The SMILES string of the molecule is CN(C)CCC(O)(P(=O)(O)O)P(=O)(O)O.O.[Na]. The monoisotopic (exact) mass is 304 g/mol. The van der Waals surface area contributed by atoms with E-state index in [1.807, 2.05) is 0 Å². The van der Waals surface area contributed by atoms with Gasteiger partial charge < -0.3 is 35.1 Å². The van der Waals surface area contributed by atoms with E-state index >= 15 is 0 Å². The molecule has 0 saturated heterocycles. The van der Waals surface area contributed by atoms with E-state index in [0.717, 1.165) is 0 Å². The normalized spacial score (nSPS) is 12.9. The van der Waals surface area contributed by atoms with Gasteiger partial charge in [-0.25, -0.2) is 0 Å². The predicted molar refractivity (Wildman–Crippen MR) is 61.6 cm³/mol. The first-order valence-corrected chi connectivity index (χ1v) is 7.12. The maximum Gasteiger partial charge on any atom is 0.369 e. The minimum Gasteiger partial charge on any atom is -0.412 e. The van der Waals surface area contributed by atoms with E-state index < -0.39 is 26.7 Å². The molecular weight excluding hydrogens is 287 g/mol. The minimum atomic E-state index is -5.30. The summed E-state index contributed by atoms with van der Waals surface area (Å²) in [6.07, 6.45) is -0.714. The van der Waals surface area contributed by atoms with Crippen molar-refractivity contribution in [1.29, 1.82) is 0 Å². The molecule has 7 N–H and O–H groups in total. The first kappa shape index (κ1) is 23.3. The van der Waals surface area contributed by atoms with E-state index in [1.54, 1.807) is 14.1 Å². The Bertz CT molecular complexity index is 289. The van der Waals surface area contributed by atoms with Crippen LogP contribution >= 0.6 is 15.2 Å². The van der Waals surface area contributed by atoms with Gasteiger partial charge in [-0.05, 0) is 14.1 Å². The van der Waals surface area contributed by atoms with Crippen LogP contribution in [-0.2, 0) is 9.13 Å². The molecule has 9 nitrogen and oxygen atoms in total. The molecule has 17 heavy (non-hydrogen) atoms. The van der Waals surface area contributed by atoms with E-state index in [-0.39, 0.29) is 41.6 Å². The standard InChI is InChI=1S/C5H15NO7P2.Na.H2O/c1-6(2)4-3-5(7,14(8,9)10)15(11,12)13;;/h7H,3-4H2,1-2H3,(H2,8,9,10)(H2,11,12,13);;1H2. The van der Waals surface area contributed by atoms with Crippen molar-refractivity contribution >= 4 is 44.7 Å². The number of rotatable bonds is 5. The molecule has 101 valence electrons. The summed E-state index contributed by atoms with van der Waals surface area (Å²) in [7, 11) is -7.52. The second kappa shape index (κ2) is 7.69. The van der Waals surface area contributed by atoms with Gasteiger partial charge in [0.1, 0.15) is 0 Å². The summed E-state index contributed by atoms with van der Waals surface area (Å²) in [5, 5.41) is 6.08. The van der Waals surface area contributed by atoms with Gasteiger partial charge in [0.05, 0.1) is 0 Å². The van der Waals surface area contributed by atoms with Gasteiger partial charge in [-0.2, -0.15) is 0 Å². The van der Waals surface area contributed by atoms with Crippen LogP contribution in [0.15, 0.2) is 0 Å². The Morgan fingerprint density at radius 1 is 1.06 bits per heavy atom. The van der Waals surface area contributed by atoms with Gasteiger partial charge in [0.25, 0.3) is 5.08 Å². The van der Waals surface area contributed by atoms with Crippen LogP contribution in [0.1, 0.15) is 6.42 Å². The van der Waals surface area contributed by atoms with Crippen molar-refractivity contribution < 1.29 is 39.3 Å². The van der Waals surface area contributed by atoms with Crippen LogP contribution in [0.5, 0.6) is 0 Å². The summed E-state index contributed by atoms with van der Waals surface area (Å²) in [5.74, 6) is 0. The smallest absolute Gasteiger partial charge is 0.369 e. The molecule has 0 atom stereocenters. The molecule has 0 aliphatic carbocycles. The van der Waals surface area contributed by atoms with E-state index in [9.17, 15) is 14.2 Å². The molecular formula is C5H17NNaO8P2. The first-order valence-electron chi connectivity index (χ1n) is 3.90. The second-order valence-corrected chi connectivity index (χ2v) is 7.42. The van der Waals surface area contributed by atoms with E-state index in [1.165, 1.54) is 4.90 Å². The largest absolute Gasteiger partial charge is 0.412 e. The molecule has 0 aliphatic rings. The van der Waals surface area contributed by atoms with Crippen molar-refractivity contribution in [3.8, 4) is 0 Å². The molecule has 0 fully saturated rings. The molecule has 12 heteroatoms. The van der Waals surface area contributed by atoms with Crippen molar-refractivity contribution in [3.63, 3.8) is 0 Å². The maximum absolute atomic E-state index is 10.8. The van der Waals surface area contributed by atoms with Gasteiger partial charge in [-0.15, -0.1) is 0 Å². The van der Waals surface area contributed by atoms with Crippen molar-refractivity contribution in [2.45, 2.75) is 11.5 Å². The Morgan fingerprint density at radius 3 is 1.53 bits per heavy atom. The third-order valence-corrected chi connectivity index (χ3v) is 5.70. The molecule has 0 aliphatic heterocycles. The van der Waals surface area contributed by atoms with Gasteiger partial charge in [0.2, 0.25) is 0 Å². The summed E-state index contributed by atoms with van der Waals surface area (Å²) in [4.78, 5) is 36.4. The molecule has 0 amide bonds. The number of hydrogen-bond donors (Lipinski definition) is 5. The van der Waals surface area contributed by atoms with Crippen LogP contribution in [0.2, 0.25) is 0 Å². The fourth-order valence-electron chi connectivity index (χ4n) is 0.835. The molecule has 0 aromatic heterocycles. The Morgan fingerprint density at radius 2 is 1.35 bits per heavy atom. The van der Waals surface area contributed by atoms with Crippen LogP contribution in [0.4, 0.5) is 0 Å². The van der Waals surface area contributed by atoms with Crippen LogP contribution in [0.3, 0.4) is 0 Å². The topological polar surface area (TPSA) is 170 Å². The van der Waals surface area contributed by atoms with Crippen molar-refractivity contribution in [2.24, 2.45) is 0 Å². The molecule has 0 rings (SSSR count). The van der Waals surface area contributed by atoms with E-state index in [2.05, 4.69) is 0 Å². The Kier molecular flexibility index (Phi) is 10.5. The summed E-state index contributed by atoms with van der Waals surface area (Å²) in [6, 6.07) is 0. The van der Waals surface area contributed by atoms with Gasteiger partial charge in [0, 0.05) is 42.5 Å². The van der Waals surface area contributed by atoms with Gasteiger partial charge >= 0.3 is 15.2 Å². The molecule has 0 aromatic carbocycles. The van der Waals surface area contributed by atoms with Crippen LogP contribution < -0.4 is 0 Å². The molecule has 0 spiro atoms. The molecule has 0 unspecified atom stereocenters. The zero-order chi connectivity index (χ0) is 12.5. The number of hydrogen-bond acceptors (Lipinski definition) is 4. The van der Waals surface area contributed by atoms with Gasteiger partial charge in [0.15, 0.2) is 0 Å². The van der Waals surface area contributed by atoms with Gasteiger partial charge in [-0.1, -0.05) is 0 Å². The van der Waals surface area contributed by atoms with Crippen molar-refractivity contribution in [1.82, 2.24) is 4.90 Å². The predicted octanol–water partition coefficient (Wildman–Crippen LogP) is -2.27. The number of nitrogens with zero attached hydrogens (tertiary/aromatic N) is 1. The van der Waals surface area contributed by atoms with Crippen LogP contribution in [0.25, 0.3) is 0 Å². The van der Waals surface area contributed by atoms with Gasteiger partial charge in [-0.3, -0.25) is 9.13 Å². The Balaban J connectivity index is -0.000000980. The van der Waals surface area contributed by atoms with E-state index in [4.69, 9.17) is 19.6 Å². The Labute approximate surface area is 121 Å². The fourth-order valence-corrected chi connectivity index (χ4v) is 2.97. The summed E-state index contributed by atoms with van der Waals surface area (Å²) >= 11 is 0. The summed E-state index contributed by atoms with van der Waals surface area (Å²) in [6.45, 7) is -0.0628. The molecule has 0 heterocycles. The van der Waals surface area contributed by atoms with Crippen molar-refractivity contribution in [3.05, 3.63) is 0 Å². The molecule has 0 bridgehead atoms. The minimum absolute atomic E-state index is 0. The maximum atomic E-state index is 10.8. The zero-order valence-corrected chi connectivity index (χ0v) is 13.6. The first-order chi connectivity index (χ1) is 6.42. The average Bonchev–Trinajstić information content (AvgIpc) is 1.95. The molecule has 0 saturated carbocycles. The van der Waals surface area contributed by atoms with Crippen LogP contribution in [-0.4, -0.2) is 90.3 Å². The summed E-state index contributed by atoms with van der Waals surface area (Å²) in [5.41, 5.74) is 0. The number of aliphatic hydroxyl groups is 1. The average molecular weight is 304 g/mol. The quantitative estimate of drug-likeness (QED) is 0.279.